The van der Waals surface area contributed by atoms with E-state index < -0.39 is 17.7 Å². The monoisotopic (exact) mass is 332 g/mol. The summed E-state index contributed by atoms with van der Waals surface area (Å²) in [7, 11) is 0. The van der Waals surface area contributed by atoms with Crippen LogP contribution in [0.5, 0.6) is 0 Å². The van der Waals surface area contributed by atoms with Gasteiger partial charge in [-0.1, -0.05) is 17.3 Å². The summed E-state index contributed by atoms with van der Waals surface area (Å²) >= 11 is 1.29. The van der Waals surface area contributed by atoms with E-state index in [1.165, 1.54) is 29.5 Å². The number of carboxylic acids is 1. The molecule has 3 rings (SSSR count). The summed E-state index contributed by atoms with van der Waals surface area (Å²) in [5, 5.41) is 17.1. The summed E-state index contributed by atoms with van der Waals surface area (Å²) in [5.41, 5.74) is -0.0883. The zero-order valence-electron chi connectivity index (χ0n) is 11.4. The summed E-state index contributed by atoms with van der Waals surface area (Å²) in [6.45, 7) is 0. The average molecular weight is 332 g/mol. The van der Waals surface area contributed by atoms with Gasteiger partial charge in [-0.3, -0.25) is 10.1 Å². The third kappa shape index (κ3) is 2.97. The van der Waals surface area contributed by atoms with Gasteiger partial charge in [0.1, 0.15) is 11.5 Å². The number of thiophene rings is 1. The Morgan fingerprint density at radius 2 is 2.09 bits per heavy atom. The normalized spacial score (nSPS) is 10.5. The highest BCUT2D eigenvalue weighted by Crippen LogP contribution is 2.32. The van der Waals surface area contributed by atoms with Crippen molar-refractivity contribution in [1.29, 1.82) is 0 Å². The number of carbonyl (C=O) groups excluding carboxylic acids is 1. The fraction of sp³-hybridized carbons (Fsp3) is 0. The van der Waals surface area contributed by atoms with Crippen molar-refractivity contribution in [1.82, 2.24) is 5.16 Å². The molecule has 0 radical (unpaired) electrons. The van der Waals surface area contributed by atoms with Crippen molar-refractivity contribution in [3.05, 3.63) is 58.7 Å². The van der Waals surface area contributed by atoms with Crippen molar-refractivity contribution < 1.29 is 23.6 Å². The van der Waals surface area contributed by atoms with E-state index in [0.29, 0.717) is 4.88 Å². The van der Waals surface area contributed by atoms with Crippen molar-refractivity contribution in [2.45, 2.75) is 0 Å². The zero-order chi connectivity index (χ0) is 16.4. The molecule has 6 nitrogen and oxygen atoms in total. The first kappa shape index (κ1) is 14.9. The number of nitrogens with one attached hydrogen (secondary N) is 1. The van der Waals surface area contributed by atoms with Gasteiger partial charge in [-0.05, 0) is 29.6 Å². The van der Waals surface area contributed by atoms with Crippen molar-refractivity contribution in [2.24, 2.45) is 0 Å². The number of hydrogen-bond acceptors (Lipinski definition) is 5. The largest absolute Gasteiger partial charge is 0.477 e. The molecular weight excluding hydrogens is 323 g/mol. The maximum atomic E-state index is 13.2. The fourth-order valence-electron chi connectivity index (χ4n) is 1.96. The van der Waals surface area contributed by atoms with Crippen LogP contribution in [-0.4, -0.2) is 22.1 Å². The van der Waals surface area contributed by atoms with Gasteiger partial charge in [0.2, 0.25) is 5.88 Å². The lowest BCUT2D eigenvalue weighted by Crippen LogP contribution is -2.14. The number of benzene rings is 1. The molecular formula is C15H9FN2O4S. The number of aromatic nitrogens is 1. The number of nitrogens with zero attached hydrogens (tertiary/aromatic N) is 1. The Morgan fingerprint density at radius 3 is 2.74 bits per heavy atom. The molecule has 8 heteroatoms. The maximum absolute atomic E-state index is 13.2. The molecule has 2 heterocycles. The molecule has 1 aromatic carbocycles. The summed E-state index contributed by atoms with van der Waals surface area (Å²) in [6, 6.07) is 8.43. The second-order valence-corrected chi connectivity index (χ2v) is 5.43. The maximum Gasteiger partial charge on any atom is 0.343 e. The first-order valence-electron chi connectivity index (χ1n) is 6.40. The number of anilines is 1. The second kappa shape index (κ2) is 6.01. The quantitative estimate of drug-likeness (QED) is 0.763. The number of hydrogen-bond donors (Lipinski definition) is 2. The van der Waals surface area contributed by atoms with Crippen LogP contribution < -0.4 is 5.32 Å². The lowest BCUT2D eigenvalue weighted by molar-refractivity contribution is 0.0698. The highest BCUT2D eigenvalue weighted by atomic mass is 32.1. The lowest BCUT2D eigenvalue weighted by atomic mass is 10.2. The molecule has 0 aliphatic carbocycles. The molecule has 0 saturated heterocycles. The Kier molecular flexibility index (Phi) is 3.90. The Labute approximate surface area is 133 Å². The molecule has 0 saturated carbocycles. The number of halogens is 1. The fourth-order valence-corrected chi connectivity index (χ4v) is 2.67. The van der Waals surface area contributed by atoms with Gasteiger partial charge in [-0.2, -0.15) is 0 Å². The van der Waals surface area contributed by atoms with E-state index >= 15 is 0 Å². The standard InChI is InChI=1S/C15H9FN2O4S/c16-9-4-1-3-8(7-9)13(19)17-14-11(15(20)21)12(18-22-14)10-5-2-6-23-10/h1-7H,(H,17,19)(H,20,21). The first-order chi connectivity index (χ1) is 11.1. The van der Waals surface area contributed by atoms with Crippen LogP contribution in [0.1, 0.15) is 20.7 Å². The third-order valence-corrected chi connectivity index (χ3v) is 3.85. The van der Waals surface area contributed by atoms with Gasteiger partial charge in [-0.25, -0.2) is 9.18 Å². The zero-order valence-corrected chi connectivity index (χ0v) is 12.3. The minimum absolute atomic E-state index is 0.0374. The summed E-state index contributed by atoms with van der Waals surface area (Å²) in [4.78, 5) is 24.1. The Bertz CT molecular complexity index is 873. The number of carbonyl (C=O) groups is 2. The van der Waals surface area contributed by atoms with Gasteiger partial charge in [0.05, 0.1) is 4.88 Å². The first-order valence-corrected chi connectivity index (χ1v) is 7.28. The minimum atomic E-state index is -1.29. The van der Waals surface area contributed by atoms with E-state index in [1.54, 1.807) is 17.5 Å². The lowest BCUT2D eigenvalue weighted by Gasteiger charge is -2.02. The van der Waals surface area contributed by atoms with Crippen LogP contribution in [0.3, 0.4) is 0 Å². The van der Waals surface area contributed by atoms with Gasteiger partial charge in [0, 0.05) is 5.56 Å². The summed E-state index contributed by atoms with van der Waals surface area (Å²) in [6.07, 6.45) is 0. The molecule has 0 spiro atoms. The Morgan fingerprint density at radius 1 is 1.26 bits per heavy atom. The molecule has 2 N–H and O–H groups in total. The van der Waals surface area contributed by atoms with E-state index in [1.807, 2.05) is 0 Å². The second-order valence-electron chi connectivity index (χ2n) is 4.48. The van der Waals surface area contributed by atoms with Gasteiger partial charge in [0.25, 0.3) is 5.91 Å². The number of aromatic carboxylic acids is 1. The van der Waals surface area contributed by atoms with Crippen LogP contribution in [0.25, 0.3) is 10.6 Å². The Balaban J connectivity index is 1.94. The van der Waals surface area contributed by atoms with Crippen molar-refractivity contribution >= 4 is 29.1 Å². The smallest absolute Gasteiger partial charge is 0.343 e. The molecule has 23 heavy (non-hydrogen) atoms. The van der Waals surface area contributed by atoms with Gasteiger partial charge in [-0.15, -0.1) is 11.3 Å². The predicted octanol–water partition coefficient (Wildman–Crippen LogP) is 3.49. The van der Waals surface area contributed by atoms with Crippen LogP contribution in [0.4, 0.5) is 10.3 Å². The highest BCUT2D eigenvalue weighted by Gasteiger charge is 2.26. The van der Waals surface area contributed by atoms with Crippen LogP contribution in [0, 0.1) is 5.82 Å². The summed E-state index contributed by atoms with van der Waals surface area (Å²) < 4.78 is 18.1. The molecule has 0 aliphatic rings. The number of amides is 1. The van der Waals surface area contributed by atoms with E-state index in [9.17, 15) is 19.1 Å². The van der Waals surface area contributed by atoms with E-state index in [4.69, 9.17) is 4.52 Å². The molecule has 0 bridgehead atoms. The summed E-state index contributed by atoms with van der Waals surface area (Å²) in [5.74, 6) is -2.85. The number of rotatable bonds is 4. The molecule has 2 aromatic heterocycles. The van der Waals surface area contributed by atoms with Crippen LogP contribution >= 0.6 is 11.3 Å². The topological polar surface area (TPSA) is 92.4 Å². The Hall–Kier alpha value is -3.00. The van der Waals surface area contributed by atoms with Crippen LogP contribution in [0.2, 0.25) is 0 Å². The van der Waals surface area contributed by atoms with Crippen LogP contribution in [-0.2, 0) is 0 Å². The molecule has 1 amide bonds. The third-order valence-electron chi connectivity index (χ3n) is 2.97. The van der Waals surface area contributed by atoms with Crippen molar-refractivity contribution in [3.63, 3.8) is 0 Å². The van der Waals surface area contributed by atoms with Gasteiger partial charge < -0.3 is 9.63 Å². The molecule has 3 aromatic rings. The van der Waals surface area contributed by atoms with Gasteiger partial charge >= 0.3 is 5.97 Å². The van der Waals surface area contributed by atoms with Crippen molar-refractivity contribution in [3.8, 4) is 10.6 Å². The van der Waals surface area contributed by atoms with Crippen LogP contribution in [0.15, 0.2) is 46.3 Å². The molecule has 0 unspecified atom stereocenters. The van der Waals surface area contributed by atoms with E-state index in [-0.39, 0.29) is 22.7 Å². The van der Waals surface area contributed by atoms with Gasteiger partial charge in [0.15, 0.2) is 5.56 Å². The molecule has 0 fully saturated rings. The van der Waals surface area contributed by atoms with E-state index in [2.05, 4.69) is 10.5 Å². The molecule has 116 valence electrons. The van der Waals surface area contributed by atoms with Crippen molar-refractivity contribution in [2.75, 3.05) is 5.32 Å². The highest BCUT2D eigenvalue weighted by molar-refractivity contribution is 7.13. The molecule has 0 atom stereocenters. The van der Waals surface area contributed by atoms with E-state index in [0.717, 1.165) is 6.07 Å². The predicted molar refractivity (Wildman–Crippen MR) is 81.1 cm³/mol. The minimum Gasteiger partial charge on any atom is -0.477 e. The SMILES string of the molecule is O=C(Nc1onc(-c2cccs2)c1C(=O)O)c1cccc(F)c1. The average Bonchev–Trinajstić information content (AvgIpc) is 3.15. The molecule has 0 aliphatic heterocycles. The number of carboxylic acid groups (broad SMARTS) is 1.